The third-order valence-corrected chi connectivity index (χ3v) is 2.31. The summed E-state index contributed by atoms with van der Waals surface area (Å²) in [5.41, 5.74) is 0.860. The summed E-state index contributed by atoms with van der Waals surface area (Å²) in [5.74, 6) is 0.00278. The molecule has 0 aliphatic carbocycles. The summed E-state index contributed by atoms with van der Waals surface area (Å²) >= 11 is 0. The number of aryl methyl sites for hydroxylation is 1. The van der Waals surface area contributed by atoms with Gasteiger partial charge in [0.05, 0.1) is 12.6 Å². The van der Waals surface area contributed by atoms with Crippen molar-refractivity contribution in [1.82, 2.24) is 5.32 Å². The molecule has 0 unspecified atom stereocenters. The molecular formula is C12H16F2N2O3. The van der Waals surface area contributed by atoms with E-state index in [4.69, 9.17) is 5.11 Å². The number of amides is 2. The van der Waals surface area contributed by atoms with Crippen LogP contribution >= 0.6 is 0 Å². The second-order valence-corrected chi connectivity index (χ2v) is 4.04. The molecule has 0 fully saturated rings. The van der Waals surface area contributed by atoms with E-state index in [0.717, 1.165) is 0 Å². The summed E-state index contributed by atoms with van der Waals surface area (Å²) < 4.78 is 28.7. The second-order valence-electron chi connectivity index (χ2n) is 4.04. The second kappa shape index (κ2) is 6.89. The monoisotopic (exact) mass is 274 g/mol. The van der Waals surface area contributed by atoms with Crippen LogP contribution in [0.25, 0.3) is 0 Å². The molecule has 19 heavy (non-hydrogen) atoms. The van der Waals surface area contributed by atoms with Gasteiger partial charge in [-0.25, -0.2) is 4.79 Å². The van der Waals surface area contributed by atoms with E-state index >= 15 is 0 Å². The Morgan fingerprint density at radius 1 is 1.47 bits per heavy atom. The average Bonchev–Trinajstić information content (AvgIpc) is 2.32. The Morgan fingerprint density at radius 3 is 2.74 bits per heavy atom. The van der Waals surface area contributed by atoms with Crippen molar-refractivity contribution in [3.8, 4) is 5.75 Å². The Balaban J connectivity index is 2.71. The van der Waals surface area contributed by atoms with Crippen molar-refractivity contribution in [1.29, 1.82) is 0 Å². The van der Waals surface area contributed by atoms with Gasteiger partial charge in [-0.2, -0.15) is 8.78 Å². The first-order valence-electron chi connectivity index (χ1n) is 5.66. The van der Waals surface area contributed by atoms with E-state index < -0.39 is 18.7 Å². The lowest BCUT2D eigenvalue weighted by molar-refractivity contribution is -0.0502. The van der Waals surface area contributed by atoms with Gasteiger partial charge in [0, 0.05) is 11.8 Å². The van der Waals surface area contributed by atoms with Gasteiger partial charge in [0.2, 0.25) is 0 Å². The van der Waals surface area contributed by atoms with Crippen molar-refractivity contribution >= 4 is 11.7 Å². The molecule has 1 atom stereocenters. The summed E-state index contributed by atoms with van der Waals surface area (Å²) in [6.07, 6.45) is 0. The van der Waals surface area contributed by atoms with E-state index in [0.29, 0.717) is 11.3 Å². The molecule has 5 nitrogen and oxygen atoms in total. The molecule has 1 aromatic rings. The number of alkyl halides is 2. The van der Waals surface area contributed by atoms with Crippen LogP contribution in [0.3, 0.4) is 0 Å². The fourth-order valence-corrected chi connectivity index (χ4v) is 1.34. The normalized spacial score (nSPS) is 12.1. The molecule has 0 radical (unpaired) electrons. The molecule has 1 rings (SSSR count). The highest BCUT2D eigenvalue weighted by Gasteiger charge is 2.10. The first kappa shape index (κ1) is 15.2. The van der Waals surface area contributed by atoms with Crippen LogP contribution in [0.4, 0.5) is 19.3 Å². The predicted molar refractivity (Wildman–Crippen MR) is 66.5 cm³/mol. The number of hydrogen-bond donors (Lipinski definition) is 3. The average molecular weight is 274 g/mol. The molecule has 3 N–H and O–H groups in total. The standard InChI is InChI=1S/C12H16F2N2O3/c1-7-3-4-9(5-10(7)19-11(13)14)16-12(18)15-8(2)6-17/h3-5,8,11,17H,6H2,1-2H3,(H2,15,16,18)/t8-/m0/s1. The summed E-state index contributed by atoms with van der Waals surface area (Å²) in [6.45, 7) is 0.133. The molecule has 0 aliphatic heterocycles. The molecule has 0 heterocycles. The minimum absolute atomic E-state index is 0.00278. The number of carbonyl (C=O) groups is 1. The van der Waals surface area contributed by atoms with Gasteiger partial charge in [-0.1, -0.05) is 6.07 Å². The lowest BCUT2D eigenvalue weighted by atomic mass is 10.2. The minimum Gasteiger partial charge on any atom is -0.434 e. The smallest absolute Gasteiger partial charge is 0.387 e. The largest absolute Gasteiger partial charge is 0.434 e. The summed E-state index contributed by atoms with van der Waals surface area (Å²) in [4.78, 5) is 11.5. The summed E-state index contributed by atoms with van der Waals surface area (Å²) in [6, 6.07) is 3.50. The Morgan fingerprint density at radius 2 is 2.16 bits per heavy atom. The van der Waals surface area contributed by atoms with E-state index in [9.17, 15) is 13.6 Å². The number of anilines is 1. The maximum atomic E-state index is 12.2. The van der Waals surface area contributed by atoms with Gasteiger partial charge in [0.1, 0.15) is 5.75 Å². The number of nitrogens with one attached hydrogen (secondary N) is 2. The highest BCUT2D eigenvalue weighted by Crippen LogP contribution is 2.24. The van der Waals surface area contributed by atoms with Crippen LogP contribution in [0, 0.1) is 6.92 Å². The van der Waals surface area contributed by atoms with Gasteiger partial charge in [-0.3, -0.25) is 0 Å². The van der Waals surface area contributed by atoms with Crippen LogP contribution in [0.5, 0.6) is 5.75 Å². The zero-order valence-electron chi connectivity index (χ0n) is 10.6. The van der Waals surface area contributed by atoms with Crippen molar-refractivity contribution in [3.63, 3.8) is 0 Å². The van der Waals surface area contributed by atoms with Crippen LogP contribution < -0.4 is 15.4 Å². The molecule has 0 saturated carbocycles. The van der Waals surface area contributed by atoms with Crippen LogP contribution in [0.1, 0.15) is 12.5 Å². The minimum atomic E-state index is -2.92. The number of carbonyl (C=O) groups excluding carboxylic acids is 1. The number of aliphatic hydroxyl groups excluding tert-OH is 1. The molecule has 0 aliphatic rings. The number of ether oxygens (including phenoxy) is 1. The number of halogens is 2. The predicted octanol–water partition coefficient (Wildman–Crippen LogP) is 2.10. The van der Waals surface area contributed by atoms with Crippen LogP contribution in [0.2, 0.25) is 0 Å². The van der Waals surface area contributed by atoms with Gasteiger partial charge >= 0.3 is 12.6 Å². The number of hydrogen-bond acceptors (Lipinski definition) is 3. The fraction of sp³-hybridized carbons (Fsp3) is 0.417. The molecule has 0 aromatic heterocycles. The zero-order valence-corrected chi connectivity index (χ0v) is 10.6. The van der Waals surface area contributed by atoms with E-state index in [-0.39, 0.29) is 12.4 Å². The van der Waals surface area contributed by atoms with E-state index in [1.807, 2.05) is 0 Å². The Labute approximate surface area is 109 Å². The number of rotatable bonds is 5. The Kier molecular flexibility index (Phi) is 5.50. The SMILES string of the molecule is Cc1ccc(NC(=O)N[C@@H](C)CO)cc1OC(F)F. The van der Waals surface area contributed by atoms with Gasteiger partial charge in [-0.15, -0.1) is 0 Å². The number of aliphatic hydroxyl groups is 1. The van der Waals surface area contributed by atoms with E-state index in [2.05, 4.69) is 15.4 Å². The third kappa shape index (κ3) is 5.09. The van der Waals surface area contributed by atoms with Crippen molar-refractivity contribution in [2.45, 2.75) is 26.5 Å². The molecule has 0 spiro atoms. The quantitative estimate of drug-likeness (QED) is 0.770. The summed E-state index contributed by atoms with van der Waals surface area (Å²) in [5, 5.41) is 13.7. The molecule has 7 heteroatoms. The zero-order chi connectivity index (χ0) is 14.4. The summed E-state index contributed by atoms with van der Waals surface area (Å²) in [7, 11) is 0. The maximum Gasteiger partial charge on any atom is 0.387 e. The molecule has 0 saturated heterocycles. The van der Waals surface area contributed by atoms with Gasteiger partial charge in [-0.05, 0) is 25.5 Å². The molecule has 0 bridgehead atoms. The van der Waals surface area contributed by atoms with E-state index in [1.165, 1.54) is 6.07 Å². The van der Waals surface area contributed by atoms with Gasteiger partial charge in [0.15, 0.2) is 0 Å². The van der Waals surface area contributed by atoms with Crippen molar-refractivity contribution in [2.75, 3.05) is 11.9 Å². The molecule has 2 amide bonds. The first-order valence-corrected chi connectivity index (χ1v) is 5.66. The molecular weight excluding hydrogens is 258 g/mol. The van der Waals surface area contributed by atoms with Crippen LogP contribution in [-0.4, -0.2) is 30.4 Å². The number of benzene rings is 1. The Bertz CT molecular complexity index is 441. The first-order chi connectivity index (χ1) is 8.92. The maximum absolute atomic E-state index is 12.2. The van der Waals surface area contributed by atoms with E-state index in [1.54, 1.807) is 26.0 Å². The number of urea groups is 1. The highest BCUT2D eigenvalue weighted by molar-refractivity contribution is 5.89. The molecule has 106 valence electrons. The van der Waals surface area contributed by atoms with Crippen LogP contribution in [0.15, 0.2) is 18.2 Å². The Hall–Kier alpha value is -1.89. The van der Waals surface area contributed by atoms with Crippen molar-refractivity contribution in [3.05, 3.63) is 23.8 Å². The lowest BCUT2D eigenvalue weighted by Crippen LogP contribution is -2.38. The fourth-order valence-electron chi connectivity index (χ4n) is 1.34. The van der Waals surface area contributed by atoms with Crippen molar-refractivity contribution < 1.29 is 23.4 Å². The van der Waals surface area contributed by atoms with Crippen molar-refractivity contribution in [2.24, 2.45) is 0 Å². The van der Waals surface area contributed by atoms with Crippen LogP contribution in [-0.2, 0) is 0 Å². The topological polar surface area (TPSA) is 70.6 Å². The third-order valence-electron chi connectivity index (χ3n) is 2.31. The molecule has 1 aromatic carbocycles. The lowest BCUT2D eigenvalue weighted by Gasteiger charge is -2.13. The van der Waals surface area contributed by atoms with Gasteiger partial charge in [0.25, 0.3) is 0 Å². The highest BCUT2D eigenvalue weighted by atomic mass is 19.3. The van der Waals surface area contributed by atoms with Gasteiger partial charge < -0.3 is 20.5 Å².